The topological polar surface area (TPSA) is 87.5 Å². The summed E-state index contributed by atoms with van der Waals surface area (Å²) in [5.74, 6) is 0.317. The summed E-state index contributed by atoms with van der Waals surface area (Å²) in [7, 11) is 1.82. The van der Waals surface area contributed by atoms with Gasteiger partial charge in [-0.2, -0.15) is 5.10 Å². The largest absolute Gasteiger partial charge is 0.343 e. The standard InChI is InChI=1S/C22H27N5O3/c1-15-12-19(24-25(15)3)23-20(29)13-22(8-10-26(11-9-22)16(2)28)27-14-17-6-4-5-7-18(17)21(27)30/h4-7,12H,8-11,13-14H2,1-3H3,(H,23,24,29). The Morgan fingerprint density at radius 3 is 2.50 bits per heavy atom. The molecule has 0 radical (unpaired) electrons. The first kappa shape index (κ1) is 20.1. The molecule has 0 bridgehead atoms. The Bertz CT molecular complexity index is 984. The van der Waals surface area contributed by atoms with Gasteiger partial charge in [0.25, 0.3) is 5.91 Å². The number of piperidine rings is 1. The van der Waals surface area contributed by atoms with Crippen LogP contribution in [0.2, 0.25) is 0 Å². The van der Waals surface area contributed by atoms with E-state index in [1.807, 2.05) is 49.2 Å². The maximum atomic E-state index is 13.2. The molecule has 0 spiro atoms. The van der Waals surface area contributed by atoms with Gasteiger partial charge in [-0.3, -0.25) is 19.1 Å². The molecule has 1 aromatic carbocycles. The minimum atomic E-state index is -0.629. The number of aromatic nitrogens is 2. The number of hydrogen-bond donors (Lipinski definition) is 1. The molecule has 8 heteroatoms. The zero-order chi connectivity index (χ0) is 21.5. The van der Waals surface area contributed by atoms with E-state index >= 15 is 0 Å². The van der Waals surface area contributed by atoms with E-state index in [0.717, 1.165) is 11.3 Å². The van der Waals surface area contributed by atoms with Crippen molar-refractivity contribution >= 4 is 23.5 Å². The molecule has 2 aliphatic rings. The lowest BCUT2D eigenvalue weighted by Crippen LogP contribution is -2.57. The lowest BCUT2D eigenvalue weighted by atomic mass is 9.82. The van der Waals surface area contributed by atoms with E-state index < -0.39 is 5.54 Å². The molecule has 1 aromatic heterocycles. The average molecular weight is 409 g/mol. The molecular formula is C22H27N5O3. The van der Waals surface area contributed by atoms with Gasteiger partial charge in [-0.15, -0.1) is 0 Å². The number of fused-ring (bicyclic) bond motifs is 1. The van der Waals surface area contributed by atoms with Crippen molar-refractivity contribution in [2.75, 3.05) is 18.4 Å². The van der Waals surface area contributed by atoms with Crippen molar-refractivity contribution in [1.82, 2.24) is 19.6 Å². The highest BCUT2D eigenvalue weighted by atomic mass is 16.2. The van der Waals surface area contributed by atoms with Crippen LogP contribution in [0.4, 0.5) is 5.82 Å². The summed E-state index contributed by atoms with van der Waals surface area (Å²) in [5, 5.41) is 7.18. The van der Waals surface area contributed by atoms with Gasteiger partial charge in [0.15, 0.2) is 5.82 Å². The first-order valence-corrected chi connectivity index (χ1v) is 10.2. The van der Waals surface area contributed by atoms with Crippen LogP contribution in [0.25, 0.3) is 0 Å². The smallest absolute Gasteiger partial charge is 0.254 e. The molecule has 4 rings (SSSR count). The molecule has 2 aliphatic heterocycles. The second-order valence-electron chi connectivity index (χ2n) is 8.30. The molecule has 0 unspecified atom stereocenters. The normalized spacial score (nSPS) is 17.8. The molecule has 3 heterocycles. The number of carbonyl (C=O) groups excluding carboxylic acids is 3. The zero-order valence-corrected chi connectivity index (χ0v) is 17.6. The zero-order valence-electron chi connectivity index (χ0n) is 17.6. The Kier molecular flexibility index (Phi) is 5.09. The molecule has 30 heavy (non-hydrogen) atoms. The van der Waals surface area contributed by atoms with E-state index in [9.17, 15) is 14.4 Å². The number of benzene rings is 1. The molecule has 158 valence electrons. The Morgan fingerprint density at radius 1 is 1.20 bits per heavy atom. The fraction of sp³-hybridized carbons (Fsp3) is 0.455. The number of aryl methyl sites for hydroxylation is 2. The number of carbonyl (C=O) groups is 3. The van der Waals surface area contributed by atoms with Crippen LogP contribution >= 0.6 is 0 Å². The first-order valence-electron chi connectivity index (χ1n) is 10.2. The SMILES string of the molecule is CC(=O)N1CCC(CC(=O)Nc2cc(C)n(C)n2)(N2Cc3ccccc3C2=O)CC1. The van der Waals surface area contributed by atoms with Crippen LogP contribution in [0, 0.1) is 6.92 Å². The minimum Gasteiger partial charge on any atom is -0.343 e. The van der Waals surface area contributed by atoms with E-state index in [2.05, 4.69) is 10.4 Å². The van der Waals surface area contributed by atoms with Crippen molar-refractivity contribution in [3.8, 4) is 0 Å². The van der Waals surface area contributed by atoms with Crippen molar-refractivity contribution in [2.24, 2.45) is 7.05 Å². The monoisotopic (exact) mass is 409 g/mol. The highest BCUT2D eigenvalue weighted by Crippen LogP contribution is 2.38. The summed E-state index contributed by atoms with van der Waals surface area (Å²) in [5.41, 5.74) is 2.00. The second-order valence-corrected chi connectivity index (χ2v) is 8.30. The minimum absolute atomic E-state index is 0.0213. The fourth-order valence-electron chi connectivity index (χ4n) is 4.53. The molecular weight excluding hydrogens is 382 g/mol. The maximum Gasteiger partial charge on any atom is 0.254 e. The number of hydrogen-bond acceptors (Lipinski definition) is 4. The van der Waals surface area contributed by atoms with Gasteiger partial charge in [0.05, 0.1) is 12.0 Å². The van der Waals surface area contributed by atoms with Crippen LogP contribution in [-0.4, -0.2) is 55.9 Å². The van der Waals surface area contributed by atoms with Gasteiger partial charge in [-0.1, -0.05) is 18.2 Å². The molecule has 8 nitrogen and oxygen atoms in total. The molecule has 1 N–H and O–H groups in total. The van der Waals surface area contributed by atoms with E-state index in [4.69, 9.17) is 0 Å². The van der Waals surface area contributed by atoms with Crippen molar-refractivity contribution in [3.63, 3.8) is 0 Å². The highest BCUT2D eigenvalue weighted by molar-refractivity contribution is 5.99. The van der Waals surface area contributed by atoms with E-state index in [-0.39, 0.29) is 24.1 Å². The maximum absolute atomic E-state index is 13.2. The van der Waals surface area contributed by atoms with E-state index in [1.54, 1.807) is 16.5 Å². The lowest BCUT2D eigenvalue weighted by molar-refractivity contribution is -0.131. The van der Waals surface area contributed by atoms with Crippen LogP contribution in [0.1, 0.15) is 47.8 Å². The van der Waals surface area contributed by atoms with Gasteiger partial charge in [-0.05, 0) is 31.4 Å². The number of amides is 3. The van der Waals surface area contributed by atoms with Crippen molar-refractivity contribution < 1.29 is 14.4 Å². The summed E-state index contributed by atoms with van der Waals surface area (Å²) in [6.07, 6.45) is 1.32. The average Bonchev–Trinajstić information content (AvgIpc) is 3.21. The third-order valence-corrected chi connectivity index (χ3v) is 6.40. The molecule has 0 aliphatic carbocycles. The molecule has 0 atom stereocenters. The molecule has 1 fully saturated rings. The molecule has 1 saturated heterocycles. The molecule has 2 aromatic rings. The van der Waals surface area contributed by atoms with Crippen LogP contribution in [-0.2, 0) is 23.2 Å². The van der Waals surface area contributed by atoms with E-state index in [0.29, 0.717) is 43.9 Å². The van der Waals surface area contributed by atoms with Gasteiger partial charge in [0.2, 0.25) is 11.8 Å². The van der Waals surface area contributed by atoms with Crippen LogP contribution in [0.5, 0.6) is 0 Å². The summed E-state index contributed by atoms with van der Waals surface area (Å²) >= 11 is 0. The Labute approximate surface area is 175 Å². The number of nitrogens with zero attached hydrogens (tertiary/aromatic N) is 4. The van der Waals surface area contributed by atoms with Crippen molar-refractivity contribution in [2.45, 2.75) is 45.2 Å². The van der Waals surface area contributed by atoms with Crippen LogP contribution < -0.4 is 5.32 Å². The quantitative estimate of drug-likeness (QED) is 0.838. The lowest BCUT2D eigenvalue weighted by Gasteiger charge is -2.47. The number of rotatable bonds is 4. The van der Waals surface area contributed by atoms with Crippen molar-refractivity contribution in [3.05, 3.63) is 47.2 Å². The van der Waals surface area contributed by atoms with Gasteiger partial charge in [0, 0.05) is 50.9 Å². The van der Waals surface area contributed by atoms with E-state index in [1.165, 1.54) is 0 Å². The number of anilines is 1. The van der Waals surface area contributed by atoms with Crippen molar-refractivity contribution in [1.29, 1.82) is 0 Å². The highest BCUT2D eigenvalue weighted by Gasteiger charge is 2.47. The summed E-state index contributed by atoms with van der Waals surface area (Å²) in [6.45, 7) is 5.03. The Hall–Kier alpha value is -3.16. The Balaban J connectivity index is 1.58. The summed E-state index contributed by atoms with van der Waals surface area (Å²) in [4.78, 5) is 41.6. The third-order valence-electron chi connectivity index (χ3n) is 6.40. The fourth-order valence-corrected chi connectivity index (χ4v) is 4.53. The first-order chi connectivity index (χ1) is 14.3. The molecule has 3 amide bonds. The third kappa shape index (κ3) is 3.58. The molecule has 0 saturated carbocycles. The van der Waals surface area contributed by atoms with Crippen LogP contribution in [0.3, 0.4) is 0 Å². The summed E-state index contributed by atoms with van der Waals surface area (Å²) in [6, 6.07) is 9.41. The number of nitrogens with one attached hydrogen (secondary N) is 1. The second kappa shape index (κ2) is 7.59. The van der Waals surface area contributed by atoms with Gasteiger partial charge in [0.1, 0.15) is 0 Å². The van der Waals surface area contributed by atoms with Gasteiger partial charge >= 0.3 is 0 Å². The Morgan fingerprint density at radius 2 is 1.90 bits per heavy atom. The van der Waals surface area contributed by atoms with Crippen LogP contribution in [0.15, 0.2) is 30.3 Å². The van der Waals surface area contributed by atoms with Gasteiger partial charge in [-0.25, -0.2) is 0 Å². The summed E-state index contributed by atoms with van der Waals surface area (Å²) < 4.78 is 1.71. The predicted octanol–water partition coefficient (Wildman–Crippen LogP) is 2.09. The number of likely N-dealkylation sites (tertiary alicyclic amines) is 1. The van der Waals surface area contributed by atoms with Gasteiger partial charge < -0.3 is 15.1 Å². The predicted molar refractivity (Wildman–Crippen MR) is 112 cm³/mol.